The Hall–Kier alpha value is -1.41. The first-order valence-corrected chi connectivity index (χ1v) is 10.5. The second-order valence-electron chi connectivity index (χ2n) is 5.79. The first kappa shape index (κ1) is 17.0. The maximum absolute atomic E-state index is 11.9. The van der Waals surface area contributed by atoms with Crippen LogP contribution in [0.1, 0.15) is 30.7 Å². The lowest BCUT2D eigenvalue weighted by Gasteiger charge is -2.17. The van der Waals surface area contributed by atoms with Crippen molar-refractivity contribution in [2.24, 2.45) is 5.92 Å². The van der Waals surface area contributed by atoms with E-state index in [1.807, 2.05) is 0 Å². The number of rotatable bonds is 6. The number of benzene rings is 1. The van der Waals surface area contributed by atoms with Gasteiger partial charge in [-0.05, 0) is 42.4 Å². The summed E-state index contributed by atoms with van der Waals surface area (Å²) >= 11 is 0. The molecule has 1 N–H and O–H groups in total. The van der Waals surface area contributed by atoms with E-state index in [0.717, 1.165) is 25.4 Å². The van der Waals surface area contributed by atoms with Crippen LogP contribution in [0.25, 0.3) is 0 Å². The van der Waals surface area contributed by atoms with E-state index in [0.29, 0.717) is 5.56 Å². The van der Waals surface area contributed by atoms with Crippen molar-refractivity contribution in [1.29, 1.82) is 0 Å². The Morgan fingerprint density at radius 2 is 1.68 bits per heavy atom. The maximum Gasteiger partial charge on any atom is 0.303 e. The molecule has 0 radical (unpaired) electrons. The second-order valence-corrected chi connectivity index (χ2v) is 9.76. The van der Waals surface area contributed by atoms with Gasteiger partial charge in [-0.3, -0.25) is 4.79 Å². The summed E-state index contributed by atoms with van der Waals surface area (Å²) in [7, 11) is -7.42. The van der Waals surface area contributed by atoms with Crippen molar-refractivity contribution < 1.29 is 26.7 Å². The molecule has 1 unspecified atom stereocenters. The molecule has 1 aromatic carbocycles. The predicted molar refractivity (Wildman–Crippen MR) is 80.4 cm³/mol. The van der Waals surface area contributed by atoms with Gasteiger partial charge in [0.25, 0.3) is 0 Å². The Morgan fingerprint density at radius 1 is 1.14 bits per heavy atom. The molecule has 1 aromatic rings. The normalized spacial score (nSPS) is 17.2. The van der Waals surface area contributed by atoms with Crippen LogP contribution in [0, 0.1) is 5.92 Å². The van der Waals surface area contributed by atoms with Crippen LogP contribution in [0.2, 0.25) is 0 Å². The molecule has 8 heteroatoms. The summed E-state index contributed by atoms with van der Waals surface area (Å²) in [6, 6.07) is 4.10. The minimum Gasteiger partial charge on any atom is -0.481 e. The number of carboxylic acids is 1. The first-order valence-electron chi connectivity index (χ1n) is 6.76. The third-order valence-corrected chi connectivity index (χ3v) is 6.20. The van der Waals surface area contributed by atoms with E-state index in [1.165, 1.54) is 18.2 Å². The summed E-state index contributed by atoms with van der Waals surface area (Å²) in [5.74, 6) is -1.02. The van der Waals surface area contributed by atoms with Gasteiger partial charge in [0.15, 0.2) is 19.7 Å². The lowest BCUT2D eigenvalue weighted by Crippen LogP contribution is -2.12. The third-order valence-electron chi connectivity index (χ3n) is 3.78. The highest BCUT2D eigenvalue weighted by atomic mass is 32.2. The van der Waals surface area contributed by atoms with E-state index in [2.05, 4.69) is 0 Å². The SMILES string of the molecule is CS(=O)(=O)c1ccc(C(CC(=O)O)C2CC2)cc1S(C)(=O)=O. The van der Waals surface area contributed by atoms with Crippen LogP contribution in [0.15, 0.2) is 28.0 Å². The molecule has 2 rings (SSSR count). The summed E-state index contributed by atoms with van der Waals surface area (Å²) in [5.41, 5.74) is 0.567. The first-order chi connectivity index (χ1) is 10.00. The lowest BCUT2D eigenvalue weighted by atomic mass is 9.91. The van der Waals surface area contributed by atoms with Crippen LogP contribution in [-0.4, -0.2) is 40.4 Å². The zero-order valence-corrected chi connectivity index (χ0v) is 13.9. The Morgan fingerprint density at radius 3 is 2.09 bits per heavy atom. The van der Waals surface area contributed by atoms with Gasteiger partial charge in [0.05, 0.1) is 16.2 Å². The van der Waals surface area contributed by atoms with Crippen LogP contribution < -0.4 is 0 Å². The highest BCUT2D eigenvalue weighted by Gasteiger charge is 2.34. The zero-order chi connectivity index (χ0) is 16.7. The van der Waals surface area contributed by atoms with Crippen LogP contribution in [0.5, 0.6) is 0 Å². The Labute approximate surface area is 130 Å². The van der Waals surface area contributed by atoms with Crippen LogP contribution in [0.4, 0.5) is 0 Å². The smallest absolute Gasteiger partial charge is 0.303 e. The molecule has 22 heavy (non-hydrogen) atoms. The highest BCUT2D eigenvalue weighted by molar-refractivity contribution is 7.93. The highest BCUT2D eigenvalue weighted by Crippen LogP contribution is 2.45. The standard InChI is InChI=1S/C14H18O6S2/c1-21(17,18)12-6-5-10(7-13(12)22(2,19)20)11(8-14(15)16)9-3-4-9/h5-7,9,11H,3-4,8H2,1-2H3,(H,15,16). The monoisotopic (exact) mass is 346 g/mol. The summed E-state index contributed by atoms with van der Waals surface area (Å²) in [5, 5.41) is 9.02. The fourth-order valence-electron chi connectivity index (χ4n) is 2.59. The topological polar surface area (TPSA) is 106 Å². The molecule has 0 aliphatic heterocycles. The zero-order valence-electron chi connectivity index (χ0n) is 12.3. The van der Waals surface area contributed by atoms with Gasteiger partial charge in [0, 0.05) is 12.5 Å². The fraction of sp³-hybridized carbons (Fsp3) is 0.500. The van der Waals surface area contributed by atoms with Gasteiger partial charge in [-0.1, -0.05) is 6.07 Å². The molecule has 0 amide bonds. The van der Waals surface area contributed by atoms with E-state index in [-0.39, 0.29) is 28.0 Å². The molecule has 0 aromatic heterocycles. The number of carboxylic acid groups (broad SMARTS) is 1. The van der Waals surface area contributed by atoms with Gasteiger partial charge >= 0.3 is 5.97 Å². The van der Waals surface area contributed by atoms with Gasteiger partial charge in [-0.15, -0.1) is 0 Å². The van der Waals surface area contributed by atoms with Gasteiger partial charge in [-0.2, -0.15) is 0 Å². The van der Waals surface area contributed by atoms with E-state index in [1.54, 1.807) is 0 Å². The molecule has 0 spiro atoms. The molecular weight excluding hydrogens is 328 g/mol. The molecule has 0 bridgehead atoms. The molecule has 0 heterocycles. The van der Waals surface area contributed by atoms with Crippen molar-refractivity contribution in [1.82, 2.24) is 0 Å². The predicted octanol–water partition coefficient (Wildman–Crippen LogP) is 1.46. The van der Waals surface area contributed by atoms with Crippen molar-refractivity contribution in [3.05, 3.63) is 23.8 Å². The van der Waals surface area contributed by atoms with E-state index >= 15 is 0 Å². The minimum absolute atomic E-state index is 0.0912. The molecule has 6 nitrogen and oxygen atoms in total. The fourth-order valence-corrected chi connectivity index (χ4v) is 5.03. The van der Waals surface area contributed by atoms with Crippen LogP contribution in [-0.2, 0) is 24.5 Å². The van der Waals surface area contributed by atoms with Crippen LogP contribution >= 0.6 is 0 Å². The molecule has 1 aliphatic carbocycles. The third kappa shape index (κ3) is 3.86. The molecule has 1 saturated carbocycles. The Kier molecular flexibility index (Phi) is 4.36. The van der Waals surface area contributed by atoms with Crippen molar-refractivity contribution in [2.75, 3.05) is 12.5 Å². The van der Waals surface area contributed by atoms with Crippen molar-refractivity contribution in [3.63, 3.8) is 0 Å². The average molecular weight is 346 g/mol. The lowest BCUT2D eigenvalue weighted by molar-refractivity contribution is -0.137. The quantitative estimate of drug-likeness (QED) is 0.836. The Balaban J connectivity index is 2.58. The number of hydrogen-bond acceptors (Lipinski definition) is 5. The van der Waals surface area contributed by atoms with Crippen molar-refractivity contribution >= 4 is 25.6 Å². The molecular formula is C14H18O6S2. The largest absolute Gasteiger partial charge is 0.481 e. The van der Waals surface area contributed by atoms with Gasteiger partial charge < -0.3 is 5.11 Å². The van der Waals surface area contributed by atoms with E-state index < -0.39 is 25.6 Å². The van der Waals surface area contributed by atoms with Gasteiger partial charge in [-0.25, -0.2) is 16.8 Å². The number of sulfone groups is 2. The summed E-state index contributed by atoms with van der Waals surface area (Å²) < 4.78 is 47.3. The van der Waals surface area contributed by atoms with E-state index in [4.69, 9.17) is 5.11 Å². The molecule has 122 valence electrons. The molecule has 1 atom stereocenters. The molecule has 1 aliphatic rings. The van der Waals surface area contributed by atoms with Gasteiger partial charge in [0.2, 0.25) is 0 Å². The number of carbonyl (C=O) groups is 1. The van der Waals surface area contributed by atoms with Crippen LogP contribution in [0.3, 0.4) is 0 Å². The summed E-state index contributed by atoms with van der Waals surface area (Å²) in [6.45, 7) is 0. The number of hydrogen-bond donors (Lipinski definition) is 1. The van der Waals surface area contributed by atoms with Crippen molar-refractivity contribution in [3.8, 4) is 0 Å². The number of aliphatic carboxylic acids is 1. The Bertz CT molecular complexity index is 804. The maximum atomic E-state index is 11.9. The second kappa shape index (κ2) is 5.66. The average Bonchev–Trinajstić information content (AvgIpc) is 3.17. The summed E-state index contributed by atoms with van der Waals surface area (Å²) in [4.78, 5) is 10.5. The van der Waals surface area contributed by atoms with E-state index in [9.17, 15) is 21.6 Å². The minimum atomic E-state index is -3.73. The molecule has 1 fully saturated rings. The molecule has 0 saturated heterocycles. The summed E-state index contributed by atoms with van der Waals surface area (Å²) in [6.07, 6.45) is 3.61. The van der Waals surface area contributed by atoms with Crippen molar-refractivity contribution in [2.45, 2.75) is 35.0 Å². The van der Waals surface area contributed by atoms with Gasteiger partial charge in [0.1, 0.15) is 0 Å².